The average molecular weight is 422 g/mol. The Balaban J connectivity index is 1.85. The van der Waals surface area contributed by atoms with Gasteiger partial charge in [0.2, 0.25) is 0 Å². The van der Waals surface area contributed by atoms with Crippen LogP contribution in [0.5, 0.6) is 5.75 Å². The molecule has 1 saturated carbocycles. The quantitative estimate of drug-likeness (QED) is 0.378. The fourth-order valence-corrected chi connectivity index (χ4v) is 3.83. The summed E-state index contributed by atoms with van der Waals surface area (Å²) in [7, 11) is 0. The first kappa shape index (κ1) is 18.5. The Morgan fingerprint density at radius 3 is 2.52 bits per heavy atom. The fraction of sp³-hybridized carbons (Fsp3) is 0.250. The summed E-state index contributed by atoms with van der Waals surface area (Å²) < 4.78 is 5.95. The van der Waals surface area contributed by atoms with Gasteiger partial charge in [-0.2, -0.15) is 0 Å². The van der Waals surface area contributed by atoms with E-state index < -0.39 is 5.92 Å². The zero-order valence-electron chi connectivity index (χ0n) is 14.2. The predicted molar refractivity (Wildman–Crippen MR) is 107 cm³/mol. The first-order valence-corrected chi connectivity index (χ1v) is 9.68. The predicted octanol–water partition coefficient (Wildman–Crippen LogP) is 5.71. The first-order chi connectivity index (χ1) is 13.1. The zero-order valence-corrected chi connectivity index (χ0v) is 16.4. The summed E-state index contributed by atoms with van der Waals surface area (Å²) in [6, 6.07) is 7.20. The van der Waals surface area contributed by atoms with Gasteiger partial charge in [-0.15, -0.1) is 0 Å². The van der Waals surface area contributed by atoms with Gasteiger partial charge in [0.15, 0.2) is 0 Å². The summed E-state index contributed by atoms with van der Waals surface area (Å²) in [5, 5.41) is 1.81. The van der Waals surface area contributed by atoms with Crippen LogP contribution in [0.3, 0.4) is 0 Å². The van der Waals surface area contributed by atoms with Crippen LogP contribution in [0, 0.1) is 5.92 Å². The van der Waals surface area contributed by atoms with Crippen LogP contribution in [-0.2, 0) is 4.79 Å². The molecule has 27 heavy (non-hydrogen) atoms. The number of aldehydes is 1. The second-order valence-corrected chi connectivity index (χ2v) is 7.77. The van der Waals surface area contributed by atoms with Gasteiger partial charge in [0.1, 0.15) is 22.7 Å². The normalized spacial score (nSPS) is 14.9. The first-order valence-electron chi connectivity index (χ1n) is 8.54. The van der Waals surface area contributed by atoms with Gasteiger partial charge in [-0.05, 0) is 42.5 Å². The van der Waals surface area contributed by atoms with Crippen molar-refractivity contribution in [2.24, 2.45) is 5.92 Å². The van der Waals surface area contributed by atoms with Gasteiger partial charge in [-0.3, -0.25) is 4.98 Å². The molecule has 1 aromatic carbocycles. The number of fused-ring (bicyclic) bond motifs is 1. The summed E-state index contributed by atoms with van der Waals surface area (Å²) in [5.74, 6) is 0.603. The highest BCUT2D eigenvalue weighted by atomic mass is 35.5. The summed E-state index contributed by atoms with van der Waals surface area (Å²) in [6.45, 7) is 0.655. The third-order valence-electron chi connectivity index (χ3n) is 4.66. The topological polar surface area (TPSA) is 52.1 Å². The zero-order chi connectivity index (χ0) is 19.0. The lowest BCUT2D eigenvalue weighted by Crippen LogP contribution is -2.07. The summed E-state index contributed by atoms with van der Waals surface area (Å²) in [5.41, 5.74) is 1.87. The van der Waals surface area contributed by atoms with Crippen LogP contribution in [0.2, 0.25) is 15.2 Å². The largest absolute Gasteiger partial charge is 0.491 e. The van der Waals surface area contributed by atoms with Crippen LogP contribution in [0.25, 0.3) is 10.9 Å². The molecule has 0 spiro atoms. The smallest absolute Gasteiger partial charge is 0.145 e. The molecular formula is C20H15Cl3N2O2. The maximum absolute atomic E-state index is 12.0. The lowest BCUT2D eigenvalue weighted by molar-refractivity contribution is -0.108. The van der Waals surface area contributed by atoms with E-state index in [-0.39, 0.29) is 0 Å². The van der Waals surface area contributed by atoms with E-state index in [1.165, 1.54) is 25.2 Å². The molecule has 138 valence electrons. The van der Waals surface area contributed by atoms with Crippen LogP contribution >= 0.6 is 34.8 Å². The number of hydrogen-bond acceptors (Lipinski definition) is 4. The molecule has 0 N–H and O–H groups in total. The van der Waals surface area contributed by atoms with Crippen molar-refractivity contribution in [2.75, 3.05) is 6.61 Å². The maximum atomic E-state index is 12.0. The number of hydrogen-bond donors (Lipinski definition) is 0. The Bertz CT molecular complexity index is 1000. The lowest BCUT2D eigenvalue weighted by atomic mass is 9.90. The molecule has 2 heterocycles. The van der Waals surface area contributed by atoms with Crippen molar-refractivity contribution in [3.8, 4) is 5.75 Å². The van der Waals surface area contributed by atoms with Gasteiger partial charge in [0, 0.05) is 23.3 Å². The minimum atomic E-state index is -0.657. The van der Waals surface area contributed by atoms with Crippen LogP contribution < -0.4 is 4.74 Å². The number of aromatic nitrogens is 2. The molecule has 1 unspecified atom stereocenters. The molecule has 0 aliphatic heterocycles. The number of halogens is 3. The Kier molecular flexibility index (Phi) is 5.22. The molecule has 7 heteroatoms. The number of carbonyl (C=O) groups excluding carboxylic acids is 1. The van der Waals surface area contributed by atoms with Crippen molar-refractivity contribution >= 4 is 52.0 Å². The Labute approximate surface area is 171 Å². The van der Waals surface area contributed by atoms with E-state index in [4.69, 9.17) is 39.5 Å². The molecule has 4 nitrogen and oxygen atoms in total. The number of rotatable bonds is 6. The van der Waals surface area contributed by atoms with Gasteiger partial charge in [0.05, 0.1) is 22.6 Å². The van der Waals surface area contributed by atoms with E-state index in [0.717, 1.165) is 17.2 Å². The molecule has 1 fully saturated rings. The summed E-state index contributed by atoms with van der Waals surface area (Å²) in [6.07, 6.45) is 6.15. The minimum absolute atomic E-state index is 0.337. The SMILES string of the molecule is O=CC(c1c(Cl)cncc1Cl)c1ccc(OCC2CC2)c2nc(Cl)ccc12. The van der Waals surface area contributed by atoms with E-state index in [1.807, 2.05) is 18.2 Å². The van der Waals surface area contributed by atoms with Crippen LogP contribution in [-0.4, -0.2) is 22.9 Å². The van der Waals surface area contributed by atoms with Gasteiger partial charge in [-0.25, -0.2) is 4.98 Å². The molecule has 0 saturated heterocycles. The molecule has 1 aliphatic carbocycles. The van der Waals surface area contributed by atoms with E-state index in [1.54, 1.807) is 6.07 Å². The molecule has 1 atom stereocenters. The standard InChI is InChI=1S/C20H15Cl3N2O2/c21-15-7-24-8-16(22)19(15)14(9-26)12-3-5-17(27-10-11-1-2-11)20-13(12)4-6-18(23)25-20/h3-9,11,14H,1-2,10H2. The van der Waals surface area contributed by atoms with Crippen molar-refractivity contribution in [1.29, 1.82) is 0 Å². The van der Waals surface area contributed by atoms with Crippen molar-refractivity contribution in [1.82, 2.24) is 9.97 Å². The fourth-order valence-electron chi connectivity index (χ4n) is 3.09. The van der Waals surface area contributed by atoms with E-state index in [0.29, 0.717) is 44.6 Å². The molecule has 0 bridgehead atoms. The Morgan fingerprint density at radius 1 is 1.11 bits per heavy atom. The van der Waals surface area contributed by atoms with Crippen molar-refractivity contribution in [3.05, 3.63) is 63.0 Å². The van der Waals surface area contributed by atoms with Crippen LogP contribution in [0.15, 0.2) is 36.7 Å². The Hall–Kier alpha value is -1.88. The second kappa shape index (κ2) is 7.63. The van der Waals surface area contributed by atoms with Gasteiger partial charge < -0.3 is 9.53 Å². The lowest BCUT2D eigenvalue weighted by Gasteiger charge is -2.18. The van der Waals surface area contributed by atoms with E-state index in [9.17, 15) is 4.79 Å². The number of pyridine rings is 2. The highest BCUT2D eigenvalue weighted by Crippen LogP contribution is 2.39. The van der Waals surface area contributed by atoms with Crippen LogP contribution in [0.1, 0.15) is 29.9 Å². The van der Waals surface area contributed by atoms with Crippen molar-refractivity contribution < 1.29 is 9.53 Å². The van der Waals surface area contributed by atoms with Gasteiger partial charge in [-0.1, -0.05) is 40.9 Å². The average Bonchev–Trinajstić information content (AvgIpc) is 3.47. The van der Waals surface area contributed by atoms with E-state index in [2.05, 4.69) is 9.97 Å². The summed E-state index contributed by atoms with van der Waals surface area (Å²) in [4.78, 5) is 20.4. The maximum Gasteiger partial charge on any atom is 0.145 e. The molecule has 0 amide bonds. The molecule has 1 aliphatic rings. The van der Waals surface area contributed by atoms with Gasteiger partial charge in [0.25, 0.3) is 0 Å². The van der Waals surface area contributed by atoms with E-state index >= 15 is 0 Å². The number of ether oxygens (including phenoxy) is 1. The monoisotopic (exact) mass is 420 g/mol. The molecule has 4 rings (SSSR count). The van der Waals surface area contributed by atoms with Gasteiger partial charge >= 0.3 is 0 Å². The highest BCUT2D eigenvalue weighted by Gasteiger charge is 2.25. The molecule has 3 aromatic rings. The summed E-state index contributed by atoms with van der Waals surface area (Å²) >= 11 is 18.7. The third kappa shape index (κ3) is 3.75. The third-order valence-corrected chi connectivity index (χ3v) is 5.48. The van der Waals surface area contributed by atoms with Crippen LogP contribution in [0.4, 0.5) is 0 Å². The Morgan fingerprint density at radius 2 is 1.85 bits per heavy atom. The number of carbonyl (C=O) groups is 1. The number of benzene rings is 1. The molecule has 0 radical (unpaired) electrons. The minimum Gasteiger partial charge on any atom is -0.491 e. The highest BCUT2D eigenvalue weighted by molar-refractivity contribution is 6.36. The van der Waals surface area contributed by atoms with Crippen molar-refractivity contribution in [2.45, 2.75) is 18.8 Å². The number of nitrogens with zero attached hydrogens (tertiary/aromatic N) is 2. The molecule has 2 aromatic heterocycles. The van der Waals surface area contributed by atoms with Crippen molar-refractivity contribution in [3.63, 3.8) is 0 Å². The second-order valence-electron chi connectivity index (χ2n) is 6.57. The molecular weight excluding hydrogens is 407 g/mol.